The molecule has 0 amide bonds. The van der Waals surface area contributed by atoms with E-state index in [0.717, 1.165) is 63.2 Å². The molecule has 0 saturated carbocycles. The average molecular weight is 524 g/mol. The summed E-state index contributed by atoms with van der Waals surface area (Å²) in [5.74, 6) is 1.75. The Balaban J connectivity index is 0.00000320. The summed E-state index contributed by atoms with van der Waals surface area (Å²) in [4.78, 5) is 8.99. The lowest BCUT2D eigenvalue weighted by molar-refractivity contribution is 0.0342. The zero-order chi connectivity index (χ0) is 20.5. The minimum atomic E-state index is 0. The van der Waals surface area contributed by atoms with Crippen molar-refractivity contribution in [2.45, 2.75) is 19.6 Å². The second kappa shape index (κ2) is 12.8. The first kappa shape index (κ1) is 24.4. The molecule has 30 heavy (non-hydrogen) atoms. The molecular weight excluding hydrogens is 491 g/mol. The van der Waals surface area contributed by atoms with Crippen molar-refractivity contribution < 1.29 is 9.47 Å². The molecule has 1 N–H and O–H groups in total. The first-order valence-electron chi connectivity index (χ1n) is 10.1. The van der Waals surface area contributed by atoms with E-state index in [-0.39, 0.29) is 24.0 Å². The van der Waals surface area contributed by atoms with Crippen molar-refractivity contribution in [3.05, 3.63) is 65.2 Å². The van der Waals surface area contributed by atoms with Gasteiger partial charge in [0.1, 0.15) is 5.75 Å². The third kappa shape index (κ3) is 7.14. The van der Waals surface area contributed by atoms with Crippen LogP contribution in [0.4, 0.5) is 0 Å². The molecule has 1 aliphatic rings. The molecule has 1 heterocycles. The number of para-hydroxylation sites is 1. The molecule has 0 unspecified atom stereocenters. The van der Waals surface area contributed by atoms with Crippen molar-refractivity contribution >= 4 is 29.9 Å². The van der Waals surface area contributed by atoms with Crippen LogP contribution in [0.3, 0.4) is 0 Å². The fraction of sp³-hybridized carbons (Fsp3) is 0.435. The van der Waals surface area contributed by atoms with Crippen LogP contribution in [-0.4, -0.2) is 63.3 Å². The fourth-order valence-electron chi connectivity index (χ4n) is 3.59. The zero-order valence-electron chi connectivity index (χ0n) is 18.1. The zero-order valence-corrected chi connectivity index (χ0v) is 20.5. The molecule has 2 aromatic carbocycles. The van der Waals surface area contributed by atoms with Crippen LogP contribution in [0.25, 0.3) is 0 Å². The van der Waals surface area contributed by atoms with Crippen LogP contribution in [0, 0.1) is 0 Å². The highest BCUT2D eigenvalue weighted by atomic mass is 127. The van der Waals surface area contributed by atoms with Gasteiger partial charge in [0.2, 0.25) is 0 Å². The summed E-state index contributed by atoms with van der Waals surface area (Å²) in [5, 5.41) is 3.48. The van der Waals surface area contributed by atoms with E-state index in [1.807, 2.05) is 32.3 Å². The van der Waals surface area contributed by atoms with Crippen molar-refractivity contribution in [1.82, 2.24) is 15.1 Å². The summed E-state index contributed by atoms with van der Waals surface area (Å²) < 4.78 is 10.9. The van der Waals surface area contributed by atoms with Gasteiger partial charge >= 0.3 is 0 Å². The minimum Gasteiger partial charge on any atom is -0.496 e. The smallest absolute Gasteiger partial charge is 0.193 e. The van der Waals surface area contributed by atoms with Gasteiger partial charge in [-0.3, -0.25) is 9.89 Å². The molecule has 1 aliphatic heterocycles. The Hall–Kier alpha value is -1.84. The van der Waals surface area contributed by atoms with Crippen LogP contribution in [-0.2, 0) is 24.4 Å². The number of nitrogens with zero attached hydrogens (tertiary/aromatic N) is 3. The van der Waals surface area contributed by atoms with Gasteiger partial charge in [0.25, 0.3) is 0 Å². The second-order valence-electron chi connectivity index (χ2n) is 7.28. The third-order valence-electron chi connectivity index (χ3n) is 5.13. The molecule has 7 heteroatoms. The Labute approximate surface area is 197 Å². The van der Waals surface area contributed by atoms with Gasteiger partial charge in [-0.15, -0.1) is 24.0 Å². The van der Waals surface area contributed by atoms with Crippen LogP contribution in [0.5, 0.6) is 5.75 Å². The van der Waals surface area contributed by atoms with Gasteiger partial charge in [0, 0.05) is 52.4 Å². The van der Waals surface area contributed by atoms with Gasteiger partial charge in [-0.1, -0.05) is 42.5 Å². The number of guanidine groups is 1. The molecule has 1 fully saturated rings. The molecule has 0 radical (unpaired) electrons. The summed E-state index contributed by atoms with van der Waals surface area (Å²) in [6.45, 7) is 6.10. The molecule has 2 aromatic rings. The number of aliphatic imine (C=N–C) groups is 1. The first-order chi connectivity index (χ1) is 14.2. The van der Waals surface area contributed by atoms with E-state index >= 15 is 0 Å². The average Bonchev–Trinajstić information content (AvgIpc) is 2.75. The van der Waals surface area contributed by atoms with Crippen LogP contribution in [0.2, 0.25) is 0 Å². The number of halogens is 1. The highest BCUT2D eigenvalue weighted by Crippen LogP contribution is 2.18. The van der Waals surface area contributed by atoms with Gasteiger partial charge in [0.15, 0.2) is 5.96 Å². The van der Waals surface area contributed by atoms with Crippen LogP contribution in [0.1, 0.15) is 16.7 Å². The predicted octanol–water partition coefficient (Wildman–Crippen LogP) is 3.35. The van der Waals surface area contributed by atoms with E-state index in [1.165, 1.54) is 11.1 Å². The van der Waals surface area contributed by atoms with Gasteiger partial charge in [-0.2, -0.15) is 0 Å². The molecule has 6 nitrogen and oxygen atoms in total. The maximum Gasteiger partial charge on any atom is 0.193 e. The Kier molecular flexibility index (Phi) is 10.4. The Bertz CT molecular complexity index is 809. The topological polar surface area (TPSA) is 49.3 Å². The van der Waals surface area contributed by atoms with E-state index in [9.17, 15) is 0 Å². The van der Waals surface area contributed by atoms with E-state index in [1.54, 1.807) is 7.11 Å². The first-order valence-corrected chi connectivity index (χ1v) is 10.1. The van der Waals surface area contributed by atoms with Crippen molar-refractivity contribution in [3.8, 4) is 5.75 Å². The van der Waals surface area contributed by atoms with Crippen molar-refractivity contribution in [2.24, 2.45) is 4.99 Å². The minimum absolute atomic E-state index is 0. The summed E-state index contributed by atoms with van der Waals surface area (Å²) in [6, 6.07) is 16.8. The SMILES string of the molecule is CN=C(NCc1cccc(CN2CCOCC2)c1)N(C)Cc1ccccc1OC.I. The quantitative estimate of drug-likeness (QED) is 0.342. The summed E-state index contributed by atoms with van der Waals surface area (Å²) in [5.41, 5.74) is 3.72. The maximum absolute atomic E-state index is 5.47. The van der Waals surface area contributed by atoms with E-state index in [2.05, 4.69) is 50.4 Å². The third-order valence-corrected chi connectivity index (χ3v) is 5.13. The summed E-state index contributed by atoms with van der Waals surface area (Å²) >= 11 is 0. The maximum atomic E-state index is 5.47. The number of morpholine rings is 1. The monoisotopic (exact) mass is 524 g/mol. The Morgan fingerprint density at radius 3 is 2.60 bits per heavy atom. The molecule has 0 bridgehead atoms. The van der Waals surface area contributed by atoms with Gasteiger partial charge in [-0.25, -0.2) is 0 Å². The molecule has 0 atom stereocenters. The lowest BCUT2D eigenvalue weighted by atomic mass is 10.1. The molecule has 3 rings (SSSR count). The Morgan fingerprint density at radius 1 is 1.13 bits per heavy atom. The van der Waals surface area contributed by atoms with Gasteiger partial charge < -0.3 is 19.7 Å². The fourth-order valence-corrected chi connectivity index (χ4v) is 3.59. The summed E-state index contributed by atoms with van der Waals surface area (Å²) in [6.07, 6.45) is 0. The summed E-state index contributed by atoms with van der Waals surface area (Å²) in [7, 11) is 5.56. The number of nitrogens with one attached hydrogen (secondary N) is 1. The van der Waals surface area contributed by atoms with Crippen molar-refractivity contribution in [1.29, 1.82) is 0 Å². The van der Waals surface area contributed by atoms with E-state index < -0.39 is 0 Å². The number of rotatable bonds is 7. The van der Waals surface area contributed by atoms with Gasteiger partial charge in [0.05, 0.1) is 20.3 Å². The lowest BCUT2D eigenvalue weighted by Gasteiger charge is -2.26. The number of hydrogen-bond donors (Lipinski definition) is 1. The Morgan fingerprint density at radius 2 is 1.87 bits per heavy atom. The predicted molar refractivity (Wildman–Crippen MR) is 133 cm³/mol. The second-order valence-corrected chi connectivity index (χ2v) is 7.28. The molecule has 0 aromatic heterocycles. The number of benzene rings is 2. The van der Waals surface area contributed by atoms with Crippen LogP contribution in [0.15, 0.2) is 53.5 Å². The number of methoxy groups -OCH3 is 1. The standard InChI is InChI=1S/C23H32N4O2.HI/c1-24-23(26(2)18-21-9-4-5-10-22(21)28-3)25-16-19-7-6-8-20(15-19)17-27-11-13-29-14-12-27;/h4-10,15H,11-14,16-18H2,1-3H3,(H,24,25);1H. The number of hydrogen-bond acceptors (Lipinski definition) is 4. The molecular formula is C23H33IN4O2. The molecule has 1 saturated heterocycles. The largest absolute Gasteiger partial charge is 0.496 e. The highest BCUT2D eigenvalue weighted by molar-refractivity contribution is 14.0. The van der Waals surface area contributed by atoms with Crippen molar-refractivity contribution in [3.63, 3.8) is 0 Å². The normalized spacial score (nSPS) is 14.7. The van der Waals surface area contributed by atoms with Gasteiger partial charge in [-0.05, 0) is 17.2 Å². The van der Waals surface area contributed by atoms with Crippen LogP contribution < -0.4 is 10.1 Å². The van der Waals surface area contributed by atoms with E-state index in [0.29, 0.717) is 0 Å². The molecule has 0 spiro atoms. The molecule has 0 aliphatic carbocycles. The van der Waals surface area contributed by atoms with Crippen molar-refractivity contribution in [2.75, 3.05) is 47.5 Å². The highest BCUT2D eigenvalue weighted by Gasteiger charge is 2.12. The number of ether oxygens (including phenoxy) is 2. The van der Waals surface area contributed by atoms with Crippen LogP contribution >= 0.6 is 24.0 Å². The lowest BCUT2D eigenvalue weighted by Crippen LogP contribution is -2.38. The van der Waals surface area contributed by atoms with E-state index in [4.69, 9.17) is 9.47 Å². The molecule has 164 valence electrons.